The summed E-state index contributed by atoms with van der Waals surface area (Å²) in [6.07, 6.45) is 2.84. The van der Waals surface area contributed by atoms with Gasteiger partial charge in [-0.15, -0.1) is 0 Å². The fraction of sp³-hybridized carbons (Fsp3) is 0.300. The lowest BCUT2D eigenvalue weighted by Gasteiger charge is -2.32. The van der Waals surface area contributed by atoms with Crippen molar-refractivity contribution in [2.75, 3.05) is 18.0 Å². The van der Waals surface area contributed by atoms with Gasteiger partial charge in [0.05, 0.1) is 10.5 Å². The summed E-state index contributed by atoms with van der Waals surface area (Å²) in [6.45, 7) is 1.32. The molecule has 0 radical (unpaired) electrons. The van der Waals surface area contributed by atoms with Crippen LogP contribution in [-0.4, -0.2) is 32.2 Å². The van der Waals surface area contributed by atoms with Crippen molar-refractivity contribution < 1.29 is 4.42 Å². The van der Waals surface area contributed by atoms with E-state index in [0.717, 1.165) is 11.1 Å². The van der Waals surface area contributed by atoms with E-state index in [1.807, 2.05) is 24.3 Å². The van der Waals surface area contributed by atoms with Crippen LogP contribution < -0.4 is 16.0 Å². The minimum atomic E-state index is -0.581. The molecule has 1 fully saturated rings. The molecule has 1 aliphatic heterocycles. The van der Waals surface area contributed by atoms with Crippen LogP contribution in [-0.2, 0) is 7.05 Å². The number of benzene rings is 1. The molecule has 148 valence electrons. The SMILES string of the molecule is Cn1c(=O)c(=O)n(C2CCN(c3nc4ccccc4o3)CC2)c2ncc(Cl)cc21. The van der Waals surface area contributed by atoms with E-state index in [-0.39, 0.29) is 6.04 Å². The zero-order valence-electron chi connectivity index (χ0n) is 15.7. The van der Waals surface area contributed by atoms with E-state index in [1.165, 1.54) is 15.3 Å². The second kappa shape index (κ2) is 6.73. The fourth-order valence-corrected chi connectivity index (χ4v) is 4.11. The van der Waals surface area contributed by atoms with Crippen LogP contribution >= 0.6 is 11.6 Å². The first-order chi connectivity index (χ1) is 14.0. The number of anilines is 1. The van der Waals surface area contributed by atoms with E-state index in [9.17, 15) is 9.59 Å². The maximum Gasteiger partial charge on any atom is 0.318 e. The van der Waals surface area contributed by atoms with Crippen LogP contribution in [0.4, 0.5) is 6.01 Å². The Bertz CT molecular complexity index is 1310. The fourth-order valence-electron chi connectivity index (χ4n) is 3.96. The number of hydrogen-bond acceptors (Lipinski definition) is 6. The van der Waals surface area contributed by atoms with Crippen molar-refractivity contribution in [2.45, 2.75) is 18.9 Å². The molecule has 5 rings (SSSR count). The number of halogens is 1. The molecule has 29 heavy (non-hydrogen) atoms. The second-order valence-corrected chi connectivity index (χ2v) is 7.65. The van der Waals surface area contributed by atoms with Crippen molar-refractivity contribution in [3.63, 3.8) is 0 Å². The smallest absolute Gasteiger partial charge is 0.318 e. The normalized spacial score (nSPS) is 15.4. The molecule has 0 saturated carbocycles. The van der Waals surface area contributed by atoms with E-state index >= 15 is 0 Å². The molecule has 1 aromatic carbocycles. The molecule has 4 aromatic rings. The van der Waals surface area contributed by atoms with Gasteiger partial charge in [-0.3, -0.25) is 14.2 Å². The minimum Gasteiger partial charge on any atom is -0.423 e. The molecule has 0 unspecified atom stereocenters. The number of rotatable bonds is 2. The molecule has 3 aromatic heterocycles. The van der Waals surface area contributed by atoms with Crippen LogP contribution in [0, 0.1) is 0 Å². The lowest BCUT2D eigenvalue weighted by Crippen LogP contribution is -2.45. The Morgan fingerprint density at radius 2 is 1.90 bits per heavy atom. The average molecular weight is 412 g/mol. The highest BCUT2D eigenvalue weighted by Gasteiger charge is 2.27. The molecule has 8 nitrogen and oxygen atoms in total. The molecule has 0 bridgehead atoms. The number of pyridine rings is 1. The Kier molecular flexibility index (Phi) is 4.16. The van der Waals surface area contributed by atoms with E-state index in [0.29, 0.717) is 48.1 Å². The van der Waals surface area contributed by atoms with Gasteiger partial charge < -0.3 is 13.9 Å². The van der Waals surface area contributed by atoms with Gasteiger partial charge in [-0.1, -0.05) is 23.7 Å². The largest absolute Gasteiger partial charge is 0.423 e. The average Bonchev–Trinajstić information content (AvgIpc) is 3.17. The van der Waals surface area contributed by atoms with Gasteiger partial charge >= 0.3 is 11.1 Å². The van der Waals surface area contributed by atoms with Crippen LogP contribution in [0.1, 0.15) is 18.9 Å². The highest BCUT2D eigenvalue weighted by molar-refractivity contribution is 6.31. The highest BCUT2D eigenvalue weighted by Crippen LogP contribution is 2.29. The number of fused-ring (bicyclic) bond motifs is 2. The number of hydrogen-bond donors (Lipinski definition) is 0. The Labute approximate surface area is 170 Å². The molecule has 4 heterocycles. The minimum absolute atomic E-state index is 0.131. The maximum absolute atomic E-state index is 12.8. The molecule has 0 N–H and O–H groups in total. The van der Waals surface area contributed by atoms with Gasteiger partial charge in [0.15, 0.2) is 11.2 Å². The van der Waals surface area contributed by atoms with Crippen molar-refractivity contribution in [1.82, 2.24) is 19.1 Å². The Morgan fingerprint density at radius 3 is 2.66 bits per heavy atom. The van der Waals surface area contributed by atoms with Crippen LogP contribution in [0.3, 0.4) is 0 Å². The standard InChI is InChI=1S/C20H18ClN5O3/c1-24-15-10-12(21)11-22-17(15)26(19(28)18(24)27)13-6-8-25(9-7-13)20-23-14-4-2-3-5-16(14)29-20/h2-5,10-11,13H,6-9H2,1H3. The van der Waals surface area contributed by atoms with Crippen LogP contribution in [0.5, 0.6) is 0 Å². The molecule has 1 aliphatic rings. The molecule has 0 amide bonds. The quantitative estimate of drug-likeness (QED) is 0.471. The lowest BCUT2D eigenvalue weighted by molar-refractivity contribution is 0.379. The summed E-state index contributed by atoms with van der Waals surface area (Å²) in [7, 11) is 1.56. The molecule has 9 heteroatoms. The summed E-state index contributed by atoms with van der Waals surface area (Å²) in [4.78, 5) is 36.2. The van der Waals surface area contributed by atoms with Crippen LogP contribution in [0.25, 0.3) is 22.3 Å². The molecule has 1 saturated heterocycles. The molecular weight excluding hydrogens is 394 g/mol. The highest BCUT2D eigenvalue weighted by atomic mass is 35.5. The first kappa shape index (κ1) is 17.9. The van der Waals surface area contributed by atoms with Crippen molar-refractivity contribution in [2.24, 2.45) is 7.05 Å². The van der Waals surface area contributed by atoms with Crippen molar-refractivity contribution in [3.8, 4) is 0 Å². The number of aromatic nitrogens is 4. The number of oxazole rings is 1. The second-order valence-electron chi connectivity index (χ2n) is 7.22. The lowest BCUT2D eigenvalue weighted by atomic mass is 10.0. The summed E-state index contributed by atoms with van der Waals surface area (Å²) in [5.41, 5.74) is 1.45. The molecule has 0 aliphatic carbocycles. The topological polar surface area (TPSA) is 86.2 Å². The monoisotopic (exact) mass is 411 g/mol. The van der Waals surface area contributed by atoms with E-state index in [2.05, 4.69) is 14.9 Å². The number of para-hydroxylation sites is 2. The molecule has 0 atom stereocenters. The van der Waals surface area contributed by atoms with Gasteiger partial charge in [-0.25, -0.2) is 4.98 Å². The number of aryl methyl sites for hydroxylation is 1. The van der Waals surface area contributed by atoms with Gasteiger partial charge in [0.2, 0.25) is 0 Å². The summed E-state index contributed by atoms with van der Waals surface area (Å²) >= 11 is 6.05. The van der Waals surface area contributed by atoms with Crippen LogP contribution in [0.2, 0.25) is 5.02 Å². The van der Waals surface area contributed by atoms with E-state index in [4.69, 9.17) is 16.0 Å². The van der Waals surface area contributed by atoms with Crippen molar-refractivity contribution in [1.29, 1.82) is 0 Å². The van der Waals surface area contributed by atoms with Gasteiger partial charge in [0.1, 0.15) is 5.52 Å². The summed E-state index contributed by atoms with van der Waals surface area (Å²) in [5, 5.41) is 0.420. The van der Waals surface area contributed by atoms with Gasteiger partial charge in [0.25, 0.3) is 6.01 Å². The van der Waals surface area contributed by atoms with E-state index in [1.54, 1.807) is 13.1 Å². The Morgan fingerprint density at radius 1 is 1.14 bits per heavy atom. The van der Waals surface area contributed by atoms with Crippen molar-refractivity contribution >= 4 is 39.9 Å². The molecule has 0 spiro atoms. The molecular formula is C20H18ClN5O3. The predicted octanol–water partition coefficient (Wildman–Crippen LogP) is 2.73. The van der Waals surface area contributed by atoms with Crippen LogP contribution in [0.15, 0.2) is 50.5 Å². The number of nitrogens with zero attached hydrogens (tertiary/aromatic N) is 5. The predicted molar refractivity (Wildman–Crippen MR) is 111 cm³/mol. The number of piperidine rings is 1. The van der Waals surface area contributed by atoms with E-state index < -0.39 is 11.1 Å². The van der Waals surface area contributed by atoms with Gasteiger partial charge in [-0.2, -0.15) is 4.98 Å². The third-order valence-corrected chi connectivity index (χ3v) is 5.70. The summed E-state index contributed by atoms with van der Waals surface area (Å²) in [6, 6.07) is 9.75. The third-order valence-electron chi connectivity index (χ3n) is 5.49. The Balaban J connectivity index is 1.48. The van der Waals surface area contributed by atoms with Gasteiger partial charge in [-0.05, 0) is 31.0 Å². The zero-order valence-corrected chi connectivity index (χ0v) is 16.5. The van der Waals surface area contributed by atoms with Crippen molar-refractivity contribution in [3.05, 3.63) is 62.3 Å². The van der Waals surface area contributed by atoms with Gasteiger partial charge in [0, 0.05) is 32.4 Å². The summed E-state index contributed by atoms with van der Waals surface area (Å²) < 4.78 is 8.69. The first-order valence-electron chi connectivity index (χ1n) is 9.40. The third kappa shape index (κ3) is 2.91. The Hall–Kier alpha value is -3.13. The first-order valence-corrected chi connectivity index (χ1v) is 9.78. The maximum atomic E-state index is 12.8. The zero-order chi connectivity index (χ0) is 20.1. The summed E-state index contributed by atoms with van der Waals surface area (Å²) in [5.74, 6) is 0.